The van der Waals surface area contributed by atoms with Crippen LogP contribution in [0.5, 0.6) is 5.75 Å². The number of aromatic hydroxyl groups is 1. The monoisotopic (exact) mass is 768 g/mol. The minimum absolute atomic E-state index is 0.113. The zero-order chi connectivity index (χ0) is 48.3. The lowest BCUT2D eigenvalue weighted by atomic mass is 9.83. The van der Waals surface area contributed by atoms with E-state index >= 15 is 0 Å². The Morgan fingerprint density at radius 1 is 0.603 bits per heavy atom. The lowest BCUT2D eigenvalue weighted by Crippen LogP contribution is -2.11. The number of phenolic OH excluding ortho intramolecular Hbond substituents is 1. The van der Waals surface area contributed by atoms with Crippen LogP contribution in [0.15, 0.2) is 152 Å². The summed E-state index contributed by atoms with van der Waals surface area (Å²) in [5.74, 6) is 1.17. The van der Waals surface area contributed by atoms with Crippen LogP contribution >= 0.6 is 0 Å². The first-order valence-corrected chi connectivity index (χ1v) is 19.7. The van der Waals surface area contributed by atoms with Gasteiger partial charge in [-0.05, 0) is 117 Å². The van der Waals surface area contributed by atoms with Gasteiger partial charge in [0, 0.05) is 35.2 Å². The first kappa shape index (κ1) is 29.0. The molecule has 0 saturated carbocycles. The van der Waals surface area contributed by atoms with Gasteiger partial charge in [-0.3, -0.25) is 9.55 Å². The van der Waals surface area contributed by atoms with Crippen LogP contribution in [0.2, 0.25) is 0 Å². The summed E-state index contributed by atoms with van der Waals surface area (Å²) in [5.41, 5.74) is 8.42. The van der Waals surface area contributed by atoms with Gasteiger partial charge in [0.1, 0.15) is 11.6 Å². The van der Waals surface area contributed by atoms with Gasteiger partial charge in [0.15, 0.2) is 0 Å². The molecular formula is C54H53N3O. The Morgan fingerprint density at radius 2 is 1.33 bits per heavy atom. The lowest BCUT2D eigenvalue weighted by Gasteiger charge is -2.22. The van der Waals surface area contributed by atoms with Crippen LogP contribution in [0.1, 0.15) is 84.2 Å². The van der Waals surface area contributed by atoms with Crippen molar-refractivity contribution in [2.24, 2.45) is 5.92 Å². The second kappa shape index (κ2) is 15.2. The number of rotatable bonds is 8. The zero-order valence-corrected chi connectivity index (χ0v) is 33.5. The highest BCUT2D eigenvalue weighted by Crippen LogP contribution is 2.42. The molecule has 0 atom stereocenters. The second-order valence-corrected chi connectivity index (χ2v) is 16.6. The quantitative estimate of drug-likeness (QED) is 0.167. The Labute approximate surface area is 356 Å². The van der Waals surface area contributed by atoms with Crippen LogP contribution < -0.4 is 0 Å². The van der Waals surface area contributed by atoms with Crippen LogP contribution in [-0.2, 0) is 17.3 Å². The first-order chi connectivity index (χ1) is 31.5. The van der Waals surface area contributed by atoms with E-state index in [0.717, 1.165) is 56.5 Å². The number of imidazole rings is 1. The molecule has 0 aliphatic heterocycles. The number of benzene rings is 6. The number of pyridine rings is 1. The second-order valence-electron chi connectivity index (χ2n) is 16.6. The molecule has 0 aliphatic carbocycles. The molecule has 0 saturated heterocycles. The van der Waals surface area contributed by atoms with Crippen molar-refractivity contribution >= 4 is 11.0 Å². The molecule has 0 radical (unpaired) electrons. The van der Waals surface area contributed by atoms with Gasteiger partial charge in [-0.25, -0.2) is 4.98 Å². The molecule has 4 nitrogen and oxygen atoms in total. The topological polar surface area (TPSA) is 50.9 Å². The van der Waals surface area contributed by atoms with E-state index in [0.29, 0.717) is 34.1 Å². The Kier molecular flexibility index (Phi) is 7.63. The molecule has 2 heterocycles. The number of aromatic nitrogens is 3. The van der Waals surface area contributed by atoms with Gasteiger partial charge in [0.25, 0.3) is 0 Å². The summed E-state index contributed by atoms with van der Waals surface area (Å²) in [6.07, 6.45) is 2.60. The maximum Gasteiger partial charge on any atom is 0.149 e. The lowest BCUT2D eigenvalue weighted by molar-refractivity contribution is 0.477. The molecule has 6 aromatic carbocycles. The fraction of sp³-hybridized carbons (Fsp3) is 0.222. The molecule has 58 heavy (non-hydrogen) atoms. The molecule has 1 N–H and O–H groups in total. The molecule has 0 unspecified atom stereocenters. The molecule has 8 rings (SSSR count). The van der Waals surface area contributed by atoms with E-state index in [1.54, 1.807) is 36.5 Å². The molecule has 290 valence electrons. The Bertz CT molecular complexity index is 3050. The number of para-hydroxylation sites is 2. The largest absolute Gasteiger partial charge is 0.507 e. The highest BCUT2D eigenvalue weighted by atomic mass is 16.3. The average Bonchev–Trinajstić information content (AvgIpc) is 3.64. The Balaban J connectivity index is 1.30. The predicted octanol–water partition coefficient (Wildman–Crippen LogP) is 14.3. The van der Waals surface area contributed by atoms with Crippen LogP contribution in [0.4, 0.5) is 0 Å². The summed E-state index contributed by atoms with van der Waals surface area (Å²) in [6.45, 7) is 0.811. The SMILES string of the molecule is [2H]C([2H])([2H])C(c1ccc(-c2ccnc(-c3cc(-c4cccc5c4nc(-c4ccccc4O)n5-c4ccc(CC(C)C)cc4-c4ccccc4)cc(C(C)(C)C)c3)c2)cc1)(C([2H])([2H])[2H])C([2H])([2H])[2H]. The van der Waals surface area contributed by atoms with E-state index in [4.69, 9.17) is 22.3 Å². The molecule has 0 aliphatic rings. The minimum Gasteiger partial charge on any atom is -0.507 e. The van der Waals surface area contributed by atoms with E-state index in [9.17, 15) is 5.11 Å². The standard InChI is InChI=1S/C54H53N3O/c1-35(2)29-36-21-26-48(46(30-36)38-15-10-9-11-16-38)57-49-19-14-18-44(51(49)56-52(57)45-17-12-13-20-50(45)58)40-31-41(33-43(32-40)54(6,7)8)47-34-39(27-28-55-47)37-22-24-42(25-23-37)53(3,4)5/h9-28,30-35,58H,29H2,1-8H3/i3D3,4D3,5D3. The maximum absolute atomic E-state index is 11.4. The van der Waals surface area contributed by atoms with Crippen molar-refractivity contribution in [1.29, 1.82) is 0 Å². The van der Waals surface area contributed by atoms with Gasteiger partial charge >= 0.3 is 0 Å². The van der Waals surface area contributed by atoms with Gasteiger partial charge in [0.2, 0.25) is 0 Å². The number of hydrogen-bond acceptors (Lipinski definition) is 3. The third kappa shape index (κ3) is 7.72. The molecule has 0 bridgehead atoms. The molecule has 4 heteroatoms. The van der Waals surface area contributed by atoms with Crippen molar-refractivity contribution in [2.75, 3.05) is 0 Å². The maximum atomic E-state index is 11.4. The number of fused-ring (bicyclic) bond motifs is 1. The minimum atomic E-state index is -3.36. The van der Waals surface area contributed by atoms with Crippen molar-refractivity contribution in [3.63, 3.8) is 0 Å². The van der Waals surface area contributed by atoms with Gasteiger partial charge in [-0.15, -0.1) is 0 Å². The number of phenols is 1. The van der Waals surface area contributed by atoms with E-state index in [2.05, 4.69) is 99.8 Å². The molecule has 8 aromatic rings. The van der Waals surface area contributed by atoms with Crippen LogP contribution in [0.25, 0.3) is 72.7 Å². The van der Waals surface area contributed by atoms with Crippen molar-refractivity contribution in [3.8, 4) is 67.5 Å². The van der Waals surface area contributed by atoms with Crippen molar-refractivity contribution in [3.05, 3.63) is 168 Å². The predicted molar refractivity (Wildman–Crippen MR) is 244 cm³/mol. The highest BCUT2D eigenvalue weighted by molar-refractivity contribution is 5.97. The van der Waals surface area contributed by atoms with Gasteiger partial charge in [0.05, 0.1) is 28.0 Å². The normalized spacial score (nSPS) is 15.0. The van der Waals surface area contributed by atoms with Crippen LogP contribution in [-0.4, -0.2) is 19.6 Å². The zero-order valence-electron chi connectivity index (χ0n) is 42.5. The molecule has 0 amide bonds. The Hall–Kier alpha value is -6.26. The average molecular weight is 769 g/mol. The van der Waals surface area contributed by atoms with E-state index in [1.807, 2.05) is 42.5 Å². The van der Waals surface area contributed by atoms with Gasteiger partial charge < -0.3 is 5.11 Å². The van der Waals surface area contributed by atoms with Crippen molar-refractivity contribution in [2.45, 2.75) is 72.4 Å². The third-order valence-electron chi connectivity index (χ3n) is 10.7. The summed E-state index contributed by atoms with van der Waals surface area (Å²) in [4.78, 5) is 10.2. The number of hydrogen-bond donors (Lipinski definition) is 1. The van der Waals surface area contributed by atoms with Crippen molar-refractivity contribution < 1.29 is 17.4 Å². The summed E-state index contributed by atoms with van der Waals surface area (Å²) < 4.78 is 75.7. The van der Waals surface area contributed by atoms with E-state index in [-0.39, 0.29) is 16.7 Å². The third-order valence-corrected chi connectivity index (χ3v) is 10.7. The van der Waals surface area contributed by atoms with Gasteiger partial charge in [-0.2, -0.15) is 0 Å². The molecule has 0 fully saturated rings. The van der Waals surface area contributed by atoms with Crippen LogP contribution in [0.3, 0.4) is 0 Å². The molecular weight excluding hydrogens is 707 g/mol. The highest BCUT2D eigenvalue weighted by Gasteiger charge is 2.24. The summed E-state index contributed by atoms with van der Waals surface area (Å²) in [7, 11) is 0. The summed E-state index contributed by atoms with van der Waals surface area (Å²) >= 11 is 0. The fourth-order valence-corrected chi connectivity index (χ4v) is 7.69. The fourth-order valence-electron chi connectivity index (χ4n) is 7.69. The molecule has 2 aromatic heterocycles. The number of nitrogens with zero attached hydrogens (tertiary/aromatic N) is 3. The van der Waals surface area contributed by atoms with Crippen molar-refractivity contribution in [1.82, 2.24) is 14.5 Å². The Morgan fingerprint density at radius 3 is 2.05 bits per heavy atom. The summed E-state index contributed by atoms with van der Waals surface area (Å²) in [6, 6.07) is 46.2. The van der Waals surface area contributed by atoms with E-state index < -0.39 is 26.0 Å². The van der Waals surface area contributed by atoms with E-state index in [1.165, 1.54) is 17.7 Å². The smallest absolute Gasteiger partial charge is 0.149 e. The van der Waals surface area contributed by atoms with Gasteiger partial charge in [-0.1, -0.05) is 146 Å². The summed E-state index contributed by atoms with van der Waals surface area (Å²) in [5, 5.41) is 11.4. The van der Waals surface area contributed by atoms with Crippen LogP contribution in [0, 0.1) is 5.92 Å². The first-order valence-electron chi connectivity index (χ1n) is 24.2. The molecule has 0 spiro atoms.